The van der Waals surface area contributed by atoms with E-state index >= 15 is 0 Å². The predicted octanol–water partition coefficient (Wildman–Crippen LogP) is 3.85. The van der Waals surface area contributed by atoms with Gasteiger partial charge in [-0.2, -0.15) is 5.10 Å². The molecule has 0 atom stereocenters. The number of hydrogen-bond donors (Lipinski definition) is 1. The van der Waals surface area contributed by atoms with Crippen LogP contribution >= 0.6 is 39.5 Å². The number of thiocarbonyl (C=S) groups is 1. The van der Waals surface area contributed by atoms with Crippen molar-refractivity contribution in [3.05, 3.63) is 56.7 Å². The van der Waals surface area contributed by atoms with Gasteiger partial charge in [-0.1, -0.05) is 30.3 Å². The van der Waals surface area contributed by atoms with E-state index in [0.29, 0.717) is 11.7 Å². The van der Waals surface area contributed by atoms with Crippen molar-refractivity contribution in [1.82, 2.24) is 10.3 Å². The Morgan fingerprint density at radius 1 is 1.35 bits per heavy atom. The normalized spacial score (nSPS) is 10.7. The molecule has 0 bridgehead atoms. The molecular weight excluding hydrogens is 354 g/mol. The molecule has 0 spiro atoms. The highest BCUT2D eigenvalue weighted by atomic mass is 79.9. The maximum absolute atomic E-state index is 5.29. The van der Waals surface area contributed by atoms with Crippen LogP contribution in [0.3, 0.4) is 0 Å². The molecule has 0 aliphatic heterocycles. The van der Waals surface area contributed by atoms with E-state index in [1.807, 2.05) is 37.4 Å². The highest BCUT2D eigenvalue weighted by Crippen LogP contribution is 2.20. The van der Waals surface area contributed by atoms with Crippen molar-refractivity contribution in [2.45, 2.75) is 6.54 Å². The van der Waals surface area contributed by atoms with E-state index in [9.17, 15) is 0 Å². The van der Waals surface area contributed by atoms with Gasteiger partial charge in [-0.15, -0.1) is 11.3 Å². The van der Waals surface area contributed by atoms with Crippen molar-refractivity contribution in [2.24, 2.45) is 5.10 Å². The Balaban J connectivity index is 1.84. The molecule has 0 radical (unpaired) electrons. The first kappa shape index (κ1) is 15.2. The van der Waals surface area contributed by atoms with Gasteiger partial charge >= 0.3 is 0 Å². The molecule has 0 fully saturated rings. The fourth-order valence-corrected chi connectivity index (χ4v) is 2.89. The summed E-state index contributed by atoms with van der Waals surface area (Å²) >= 11 is 10.3. The summed E-state index contributed by atoms with van der Waals surface area (Å²) < 4.78 is 1.09. The third-order valence-corrected chi connectivity index (χ3v) is 4.50. The number of nitrogens with zero attached hydrogens (tertiary/aromatic N) is 2. The summed E-state index contributed by atoms with van der Waals surface area (Å²) in [5.41, 5.74) is 1.19. The van der Waals surface area contributed by atoms with Crippen molar-refractivity contribution < 1.29 is 0 Å². The van der Waals surface area contributed by atoms with Gasteiger partial charge in [0.05, 0.1) is 10.0 Å². The molecule has 1 aromatic carbocycles. The summed E-state index contributed by atoms with van der Waals surface area (Å²) in [6.45, 7) is 0.698. The molecule has 1 aromatic heterocycles. The topological polar surface area (TPSA) is 27.6 Å². The van der Waals surface area contributed by atoms with Crippen LogP contribution in [-0.2, 0) is 6.54 Å². The molecule has 1 heterocycles. The Morgan fingerprint density at radius 3 is 2.75 bits per heavy atom. The Labute approximate surface area is 136 Å². The van der Waals surface area contributed by atoms with Crippen LogP contribution in [0.2, 0.25) is 0 Å². The number of rotatable bonds is 4. The fourth-order valence-electron chi connectivity index (χ4n) is 1.48. The number of hydrazone groups is 1. The molecule has 2 aromatic rings. The van der Waals surface area contributed by atoms with Crippen LogP contribution in [0.15, 0.2) is 51.4 Å². The van der Waals surface area contributed by atoms with Gasteiger partial charge in [-0.3, -0.25) is 0 Å². The first-order valence-electron chi connectivity index (χ1n) is 6.00. The fraction of sp³-hybridized carbons (Fsp3) is 0.143. The molecule has 2 rings (SSSR count). The van der Waals surface area contributed by atoms with Crippen LogP contribution in [0.1, 0.15) is 10.4 Å². The second-order valence-corrected chi connectivity index (χ2v) is 6.94. The number of hydrogen-bond acceptors (Lipinski definition) is 3. The quantitative estimate of drug-likeness (QED) is 0.505. The van der Waals surface area contributed by atoms with E-state index < -0.39 is 0 Å². The summed E-state index contributed by atoms with van der Waals surface area (Å²) in [6.07, 6.45) is 1.80. The summed E-state index contributed by atoms with van der Waals surface area (Å²) in [5, 5.41) is 9.75. The molecule has 0 aliphatic carbocycles. The summed E-state index contributed by atoms with van der Waals surface area (Å²) in [6, 6.07) is 14.1. The van der Waals surface area contributed by atoms with E-state index in [1.165, 1.54) is 5.56 Å². The van der Waals surface area contributed by atoms with Crippen LogP contribution in [0, 0.1) is 0 Å². The Kier molecular flexibility index (Phi) is 5.70. The van der Waals surface area contributed by atoms with E-state index in [1.54, 1.807) is 22.6 Å². The van der Waals surface area contributed by atoms with Gasteiger partial charge < -0.3 is 5.32 Å². The largest absolute Gasteiger partial charge is 0.357 e. The second kappa shape index (κ2) is 7.52. The molecular formula is C14H14BrN3S2. The molecule has 0 saturated carbocycles. The lowest BCUT2D eigenvalue weighted by atomic mass is 10.2. The standard InChI is InChI=1S/C14H14BrN3S2/c1-18(17-10-12-7-8-13(15)20-12)14(19)16-9-11-5-3-2-4-6-11/h2-8,10H,9H2,1H3,(H,16,19)/b17-10-. The zero-order valence-corrected chi connectivity index (χ0v) is 14.1. The number of benzene rings is 1. The van der Waals surface area contributed by atoms with Crippen molar-refractivity contribution >= 4 is 50.8 Å². The van der Waals surface area contributed by atoms with Crippen molar-refractivity contribution in [2.75, 3.05) is 7.05 Å². The molecule has 104 valence electrons. The highest BCUT2D eigenvalue weighted by molar-refractivity contribution is 9.11. The molecule has 1 N–H and O–H groups in total. The molecule has 3 nitrogen and oxygen atoms in total. The third-order valence-electron chi connectivity index (χ3n) is 2.53. The zero-order valence-electron chi connectivity index (χ0n) is 10.9. The van der Waals surface area contributed by atoms with Gasteiger partial charge in [-0.25, -0.2) is 5.01 Å². The molecule has 0 amide bonds. The van der Waals surface area contributed by atoms with Gasteiger partial charge in [-0.05, 0) is 45.8 Å². The number of nitrogens with one attached hydrogen (secondary N) is 1. The Hall–Kier alpha value is -1.24. The average molecular weight is 368 g/mol. The Bertz CT molecular complexity index is 595. The molecule has 0 unspecified atom stereocenters. The second-order valence-electron chi connectivity index (χ2n) is 4.05. The lowest BCUT2D eigenvalue weighted by Gasteiger charge is -2.15. The van der Waals surface area contributed by atoms with E-state index in [2.05, 4.69) is 38.5 Å². The first-order valence-corrected chi connectivity index (χ1v) is 8.02. The minimum Gasteiger partial charge on any atom is -0.357 e. The van der Waals surface area contributed by atoms with Gasteiger partial charge in [0.2, 0.25) is 0 Å². The van der Waals surface area contributed by atoms with Gasteiger partial charge in [0, 0.05) is 18.5 Å². The molecule has 20 heavy (non-hydrogen) atoms. The zero-order chi connectivity index (χ0) is 14.4. The van der Waals surface area contributed by atoms with Crippen LogP contribution in [0.25, 0.3) is 0 Å². The van der Waals surface area contributed by atoms with Crippen LogP contribution in [0.5, 0.6) is 0 Å². The maximum Gasteiger partial charge on any atom is 0.189 e. The summed E-state index contributed by atoms with van der Waals surface area (Å²) in [7, 11) is 1.83. The minimum atomic E-state index is 0.598. The molecule has 0 aliphatic rings. The first-order chi connectivity index (χ1) is 9.65. The summed E-state index contributed by atoms with van der Waals surface area (Å²) in [5.74, 6) is 0. The monoisotopic (exact) mass is 367 g/mol. The third kappa shape index (κ3) is 4.70. The molecule has 6 heteroatoms. The van der Waals surface area contributed by atoms with Crippen LogP contribution in [0.4, 0.5) is 0 Å². The minimum absolute atomic E-state index is 0.598. The highest BCUT2D eigenvalue weighted by Gasteiger charge is 2.02. The lowest BCUT2D eigenvalue weighted by molar-refractivity contribution is 0.532. The van der Waals surface area contributed by atoms with E-state index in [4.69, 9.17) is 12.2 Å². The van der Waals surface area contributed by atoms with Gasteiger partial charge in [0.1, 0.15) is 0 Å². The van der Waals surface area contributed by atoms with E-state index in [0.717, 1.165) is 8.66 Å². The SMILES string of the molecule is CN(/N=C\c1ccc(Br)s1)C(=S)NCc1ccccc1. The average Bonchev–Trinajstić information content (AvgIpc) is 2.89. The maximum atomic E-state index is 5.29. The number of thiophene rings is 1. The van der Waals surface area contributed by atoms with Crippen LogP contribution < -0.4 is 5.32 Å². The number of halogens is 1. The summed E-state index contributed by atoms with van der Waals surface area (Å²) in [4.78, 5) is 1.08. The predicted molar refractivity (Wildman–Crippen MR) is 93.3 cm³/mol. The molecule has 0 saturated heterocycles. The van der Waals surface area contributed by atoms with Crippen molar-refractivity contribution in [3.8, 4) is 0 Å². The van der Waals surface area contributed by atoms with Gasteiger partial charge in [0.25, 0.3) is 0 Å². The van der Waals surface area contributed by atoms with E-state index in [-0.39, 0.29) is 0 Å². The van der Waals surface area contributed by atoms with Crippen LogP contribution in [-0.4, -0.2) is 23.4 Å². The van der Waals surface area contributed by atoms with Gasteiger partial charge in [0.15, 0.2) is 5.11 Å². The Morgan fingerprint density at radius 2 is 2.10 bits per heavy atom. The van der Waals surface area contributed by atoms with Crippen molar-refractivity contribution in [1.29, 1.82) is 0 Å². The smallest absolute Gasteiger partial charge is 0.189 e. The lowest BCUT2D eigenvalue weighted by Crippen LogP contribution is -2.33. The van der Waals surface area contributed by atoms with Crippen molar-refractivity contribution in [3.63, 3.8) is 0 Å².